The van der Waals surface area contributed by atoms with Gasteiger partial charge in [0, 0.05) is 19.6 Å². The van der Waals surface area contributed by atoms with Gasteiger partial charge in [-0.2, -0.15) is 0 Å². The number of hydrogen-bond acceptors (Lipinski definition) is 2. The molecule has 2 heteroatoms. The molecule has 1 rings (SSSR count). The van der Waals surface area contributed by atoms with Crippen LogP contribution in [0, 0.1) is 5.92 Å². The summed E-state index contributed by atoms with van der Waals surface area (Å²) in [5.74, 6) is 0.739. The van der Waals surface area contributed by atoms with Crippen molar-refractivity contribution >= 4 is 0 Å². The summed E-state index contributed by atoms with van der Waals surface area (Å²) in [4.78, 5) is 2.39. The molecule has 2 nitrogen and oxygen atoms in total. The first-order valence-electron chi connectivity index (χ1n) is 7.59. The first-order valence-corrected chi connectivity index (χ1v) is 7.59. The molecule has 19 heavy (non-hydrogen) atoms. The van der Waals surface area contributed by atoms with Crippen molar-refractivity contribution in [3.05, 3.63) is 35.4 Å². The van der Waals surface area contributed by atoms with Crippen LogP contribution in [0.4, 0.5) is 0 Å². The number of benzene rings is 1. The zero-order valence-electron chi connectivity index (χ0n) is 13.1. The molecule has 0 aliphatic heterocycles. The van der Waals surface area contributed by atoms with Crippen molar-refractivity contribution in [1.82, 2.24) is 10.2 Å². The summed E-state index contributed by atoms with van der Waals surface area (Å²) >= 11 is 0. The van der Waals surface area contributed by atoms with Gasteiger partial charge in [-0.3, -0.25) is 0 Å². The van der Waals surface area contributed by atoms with E-state index in [0.717, 1.165) is 38.5 Å². The summed E-state index contributed by atoms with van der Waals surface area (Å²) in [6, 6.07) is 9.15. The van der Waals surface area contributed by atoms with Gasteiger partial charge in [-0.15, -0.1) is 0 Å². The average molecular weight is 262 g/mol. The Morgan fingerprint density at radius 3 is 2.26 bits per heavy atom. The molecule has 0 spiro atoms. The first kappa shape index (κ1) is 16.2. The summed E-state index contributed by atoms with van der Waals surface area (Å²) in [7, 11) is 2.20. The van der Waals surface area contributed by atoms with Gasteiger partial charge in [-0.05, 0) is 43.5 Å². The van der Waals surface area contributed by atoms with Crippen LogP contribution < -0.4 is 5.32 Å². The van der Waals surface area contributed by atoms with Gasteiger partial charge in [0.25, 0.3) is 0 Å². The summed E-state index contributed by atoms with van der Waals surface area (Å²) in [5, 5.41) is 3.36. The van der Waals surface area contributed by atoms with Gasteiger partial charge in [0.15, 0.2) is 0 Å². The van der Waals surface area contributed by atoms with Gasteiger partial charge in [0.05, 0.1) is 0 Å². The Kier molecular flexibility index (Phi) is 7.76. The fourth-order valence-corrected chi connectivity index (χ4v) is 2.19. The molecule has 0 aliphatic carbocycles. The lowest BCUT2D eigenvalue weighted by Crippen LogP contribution is -2.30. The van der Waals surface area contributed by atoms with E-state index in [1.54, 1.807) is 0 Å². The van der Waals surface area contributed by atoms with Crippen LogP contribution in [0.5, 0.6) is 0 Å². The molecule has 1 aromatic rings. The number of hydrogen-bond donors (Lipinski definition) is 1. The summed E-state index contributed by atoms with van der Waals surface area (Å²) in [5.41, 5.74) is 2.90. The maximum Gasteiger partial charge on any atom is 0.0104 e. The second-order valence-electron chi connectivity index (χ2n) is 5.82. The van der Waals surface area contributed by atoms with Crippen LogP contribution >= 0.6 is 0 Å². The molecular weight excluding hydrogens is 232 g/mol. The van der Waals surface area contributed by atoms with Crippen LogP contribution in [0.15, 0.2) is 24.3 Å². The van der Waals surface area contributed by atoms with Crippen molar-refractivity contribution < 1.29 is 0 Å². The largest absolute Gasteiger partial charge is 0.316 e. The number of likely N-dealkylation sites (N-methyl/N-ethyl adjacent to an activating group) is 2. The monoisotopic (exact) mass is 262 g/mol. The van der Waals surface area contributed by atoms with Crippen LogP contribution in [0.25, 0.3) is 0 Å². The lowest BCUT2D eigenvalue weighted by molar-refractivity contribution is 0.337. The van der Waals surface area contributed by atoms with Crippen LogP contribution in [0.1, 0.15) is 31.9 Å². The minimum absolute atomic E-state index is 0.739. The van der Waals surface area contributed by atoms with E-state index in [9.17, 15) is 0 Å². The van der Waals surface area contributed by atoms with E-state index in [1.807, 2.05) is 0 Å². The van der Waals surface area contributed by atoms with Gasteiger partial charge in [-0.25, -0.2) is 0 Å². The van der Waals surface area contributed by atoms with Gasteiger partial charge in [-0.1, -0.05) is 45.0 Å². The highest BCUT2D eigenvalue weighted by molar-refractivity contribution is 5.23. The predicted molar refractivity (Wildman–Crippen MR) is 84.7 cm³/mol. The lowest BCUT2D eigenvalue weighted by Gasteiger charge is -2.16. The van der Waals surface area contributed by atoms with E-state index in [4.69, 9.17) is 0 Å². The van der Waals surface area contributed by atoms with E-state index < -0.39 is 0 Å². The smallest absolute Gasteiger partial charge is 0.0104 e. The Balaban J connectivity index is 2.29. The molecule has 0 aliphatic rings. The molecule has 0 amide bonds. The van der Waals surface area contributed by atoms with Crippen molar-refractivity contribution in [1.29, 1.82) is 0 Å². The van der Waals surface area contributed by atoms with Crippen molar-refractivity contribution in [2.75, 3.05) is 33.2 Å². The lowest BCUT2D eigenvalue weighted by atomic mass is 10.0. The molecule has 0 fully saturated rings. The zero-order valence-corrected chi connectivity index (χ0v) is 13.1. The van der Waals surface area contributed by atoms with E-state index in [-0.39, 0.29) is 0 Å². The Bertz CT molecular complexity index is 330. The Labute approximate surface area is 119 Å². The summed E-state index contributed by atoms with van der Waals surface area (Å²) in [6.07, 6.45) is 2.33. The first-order chi connectivity index (χ1) is 9.11. The number of nitrogens with one attached hydrogen (secondary N) is 1. The number of nitrogens with zero attached hydrogens (tertiary/aromatic N) is 1. The third kappa shape index (κ3) is 7.34. The highest BCUT2D eigenvalue weighted by Crippen LogP contribution is 2.10. The minimum atomic E-state index is 0.739. The molecule has 1 N–H and O–H groups in total. The molecule has 0 saturated carbocycles. The molecule has 0 radical (unpaired) electrons. The molecular formula is C17H30N2. The zero-order chi connectivity index (χ0) is 14.1. The quantitative estimate of drug-likeness (QED) is 0.688. The Morgan fingerprint density at radius 1 is 1.05 bits per heavy atom. The minimum Gasteiger partial charge on any atom is -0.316 e. The summed E-state index contributed by atoms with van der Waals surface area (Å²) < 4.78 is 0. The van der Waals surface area contributed by atoms with E-state index >= 15 is 0 Å². The predicted octanol–water partition coefficient (Wildman–Crippen LogP) is 2.97. The fraction of sp³-hybridized carbons (Fsp3) is 0.647. The van der Waals surface area contributed by atoms with Crippen molar-refractivity contribution in [2.24, 2.45) is 5.92 Å². The van der Waals surface area contributed by atoms with E-state index in [1.165, 1.54) is 17.5 Å². The topological polar surface area (TPSA) is 15.3 Å². The molecule has 0 heterocycles. The van der Waals surface area contributed by atoms with Crippen LogP contribution in [0.3, 0.4) is 0 Å². The fourth-order valence-electron chi connectivity index (χ4n) is 2.19. The number of rotatable bonds is 9. The van der Waals surface area contributed by atoms with Gasteiger partial charge in [0.1, 0.15) is 0 Å². The molecule has 0 unspecified atom stereocenters. The molecule has 1 aromatic carbocycles. The second-order valence-corrected chi connectivity index (χ2v) is 5.82. The molecule has 0 atom stereocenters. The Hall–Kier alpha value is -0.860. The highest BCUT2D eigenvalue weighted by Gasteiger charge is 2.01. The molecule has 0 bridgehead atoms. The van der Waals surface area contributed by atoms with Crippen molar-refractivity contribution in [3.8, 4) is 0 Å². The SMILES string of the molecule is CCNCCN(C)CCc1ccc(CC(C)C)cc1. The van der Waals surface area contributed by atoms with Gasteiger partial charge >= 0.3 is 0 Å². The average Bonchev–Trinajstić information content (AvgIpc) is 2.37. The van der Waals surface area contributed by atoms with Crippen molar-refractivity contribution in [2.45, 2.75) is 33.6 Å². The van der Waals surface area contributed by atoms with Crippen LogP contribution in [0.2, 0.25) is 0 Å². The van der Waals surface area contributed by atoms with Crippen LogP contribution in [-0.2, 0) is 12.8 Å². The van der Waals surface area contributed by atoms with Gasteiger partial charge < -0.3 is 10.2 Å². The highest BCUT2D eigenvalue weighted by atomic mass is 15.1. The molecule has 0 saturated heterocycles. The van der Waals surface area contributed by atoms with Crippen molar-refractivity contribution in [3.63, 3.8) is 0 Å². The van der Waals surface area contributed by atoms with Gasteiger partial charge in [0.2, 0.25) is 0 Å². The van der Waals surface area contributed by atoms with E-state index in [2.05, 4.69) is 62.3 Å². The second kappa shape index (κ2) is 9.11. The molecule has 0 aromatic heterocycles. The normalized spacial score (nSPS) is 11.5. The van der Waals surface area contributed by atoms with Crippen LogP contribution in [-0.4, -0.2) is 38.1 Å². The maximum atomic E-state index is 3.36. The standard InChI is InChI=1S/C17H30N2/c1-5-18-11-13-19(4)12-10-16-6-8-17(9-7-16)14-15(2)3/h6-9,15,18H,5,10-14H2,1-4H3. The third-order valence-corrected chi connectivity index (χ3v) is 3.37. The third-order valence-electron chi connectivity index (χ3n) is 3.37. The molecule has 108 valence electrons. The maximum absolute atomic E-state index is 3.36. The Morgan fingerprint density at radius 2 is 1.68 bits per heavy atom. The summed E-state index contributed by atoms with van der Waals surface area (Å²) in [6.45, 7) is 11.1. The van der Waals surface area contributed by atoms with E-state index in [0.29, 0.717) is 0 Å².